The molecule has 3 aromatic carbocycles. The van der Waals surface area contributed by atoms with E-state index in [0.717, 1.165) is 10.4 Å². The lowest BCUT2D eigenvalue weighted by Gasteiger charge is -2.19. The molecule has 47 heavy (non-hydrogen) atoms. The number of amides is 2. The fourth-order valence-corrected chi connectivity index (χ4v) is 7.69. The number of hydrogen-bond acceptors (Lipinski definition) is 7. The van der Waals surface area contributed by atoms with Crippen LogP contribution in [0.15, 0.2) is 84.0 Å². The largest absolute Gasteiger partial charge is 0.391 e. The zero-order chi connectivity index (χ0) is 33.5. The van der Waals surface area contributed by atoms with Crippen LogP contribution in [0.4, 0.5) is 14.9 Å². The number of aliphatic hydroxyl groups is 1. The van der Waals surface area contributed by atoms with Crippen LogP contribution >= 0.6 is 0 Å². The van der Waals surface area contributed by atoms with Crippen molar-refractivity contribution in [3.8, 4) is 22.5 Å². The number of urea groups is 1. The lowest BCUT2D eigenvalue weighted by atomic mass is 9.95. The number of nitrogens with one attached hydrogen (secondary N) is 1. The van der Waals surface area contributed by atoms with E-state index in [9.17, 15) is 23.1 Å². The molecule has 1 aliphatic heterocycles. The van der Waals surface area contributed by atoms with E-state index < -0.39 is 28.0 Å². The predicted octanol–water partition coefficient (Wildman–Crippen LogP) is 6.13. The second-order valence-corrected chi connectivity index (χ2v) is 14.0. The minimum Gasteiger partial charge on any atom is -0.391 e. The minimum atomic E-state index is -4.18. The molecule has 0 bridgehead atoms. The van der Waals surface area contributed by atoms with Crippen LogP contribution in [-0.2, 0) is 10.0 Å². The number of fused-ring (bicyclic) bond motifs is 1. The van der Waals surface area contributed by atoms with E-state index >= 15 is 4.39 Å². The third-order valence-corrected chi connectivity index (χ3v) is 10.2. The van der Waals surface area contributed by atoms with E-state index in [1.165, 1.54) is 35.5 Å². The average molecular weight is 656 g/mol. The quantitative estimate of drug-likeness (QED) is 0.192. The third kappa shape index (κ3) is 6.13. The first kappa shape index (κ1) is 32.0. The van der Waals surface area contributed by atoms with E-state index in [0.29, 0.717) is 46.4 Å². The Morgan fingerprint density at radius 1 is 1.06 bits per heavy atom. The number of carbonyl (C=O) groups excluding carboxylic acids is 2. The first-order valence-corrected chi connectivity index (χ1v) is 16.7. The highest BCUT2D eigenvalue weighted by atomic mass is 32.2. The van der Waals surface area contributed by atoms with Gasteiger partial charge in [0.2, 0.25) is 0 Å². The van der Waals surface area contributed by atoms with Crippen molar-refractivity contribution in [2.24, 2.45) is 11.8 Å². The number of benzene rings is 3. The molecule has 0 unspecified atom stereocenters. The number of aromatic nitrogens is 3. The maximum absolute atomic E-state index is 15.2. The molecule has 1 fully saturated rings. The number of carbonyl (C=O) groups is 2. The molecule has 2 N–H and O–H groups in total. The number of β-amino-alcohol motifs (C(OH)–C–C–N with tert-alkyl or cyclic N) is 1. The van der Waals surface area contributed by atoms with Gasteiger partial charge in [0.05, 0.1) is 22.4 Å². The van der Waals surface area contributed by atoms with Crippen molar-refractivity contribution in [3.05, 3.63) is 96.1 Å². The van der Waals surface area contributed by atoms with Crippen LogP contribution in [0.25, 0.3) is 33.5 Å². The number of aliphatic hydroxyl groups excluding tert-OH is 1. The summed E-state index contributed by atoms with van der Waals surface area (Å²) >= 11 is 0. The first-order chi connectivity index (χ1) is 22.5. The van der Waals surface area contributed by atoms with Crippen molar-refractivity contribution >= 4 is 39.1 Å². The molecule has 0 radical (unpaired) electrons. The molecule has 3 heterocycles. The van der Waals surface area contributed by atoms with Gasteiger partial charge in [0.15, 0.2) is 5.65 Å². The highest BCUT2D eigenvalue weighted by Crippen LogP contribution is 2.38. The molecule has 0 aliphatic carbocycles. The predicted molar refractivity (Wildman–Crippen MR) is 177 cm³/mol. The normalized spacial score (nSPS) is 16.6. The summed E-state index contributed by atoms with van der Waals surface area (Å²) in [6, 6.07) is 18.1. The molecule has 0 spiro atoms. The van der Waals surface area contributed by atoms with Gasteiger partial charge < -0.3 is 15.3 Å². The zero-order valence-electron chi connectivity index (χ0n) is 26.1. The van der Waals surface area contributed by atoms with E-state index in [1.807, 2.05) is 0 Å². The van der Waals surface area contributed by atoms with Crippen molar-refractivity contribution in [3.63, 3.8) is 0 Å². The Kier molecular flexibility index (Phi) is 8.64. The topological polar surface area (TPSA) is 134 Å². The van der Waals surface area contributed by atoms with Gasteiger partial charge in [-0.05, 0) is 60.7 Å². The first-order valence-electron chi connectivity index (χ1n) is 15.2. The fraction of sp³-hybridized carbons (Fsp3) is 0.257. The summed E-state index contributed by atoms with van der Waals surface area (Å²) in [4.78, 5) is 35.0. The Bertz CT molecular complexity index is 2080. The molecule has 5 aromatic rings. The maximum atomic E-state index is 15.2. The highest BCUT2D eigenvalue weighted by Gasteiger charge is 2.34. The van der Waals surface area contributed by atoms with Crippen LogP contribution in [0.3, 0.4) is 0 Å². The zero-order valence-corrected chi connectivity index (χ0v) is 26.9. The minimum absolute atomic E-state index is 0.0398. The van der Waals surface area contributed by atoms with Gasteiger partial charge in [0.1, 0.15) is 18.4 Å². The van der Waals surface area contributed by atoms with Gasteiger partial charge in [-0.25, -0.2) is 31.5 Å². The molecule has 1 aliphatic rings. The maximum Gasteiger partial charge on any atom is 0.321 e. The second-order valence-electron chi connectivity index (χ2n) is 12.2. The summed E-state index contributed by atoms with van der Waals surface area (Å²) in [7, 11) is -4.18. The van der Waals surface area contributed by atoms with Crippen LogP contribution in [-0.4, -0.2) is 63.9 Å². The summed E-state index contributed by atoms with van der Waals surface area (Å²) in [5.41, 5.74) is 2.61. The lowest BCUT2D eigenvalue weighted by Crippen LogP contribution is -2.34. The van der Waals surface area contributed by atoms with Crippen LogP contribution in [0, 0.1) is 24.6 Å². The number of likely N-dealkylation sites (tertiary alicyclic amines) is 1. The fourth-order valence-electron chi connectivity index (χ4n) is 6.19. The van der Waals surface area contributed by atoms with Gasteiger partial charge in [-0.1, -0.05) is 56.3 Å². The molecule has 12 heteroatoms. The second kappa shape index (κ2) is 12.7. The molecule has 2 amide bonds. The lowest BCUT2D eigenvalue weighted by molar-refractivity contribution is 0.112. The molecule has 6 rings (SSSR count). The molecule has 242 valence electrons. The molecular weight excluding hydrogens is 621 g/mol. The summed E-state index contributed by atoms with van der Waals surface area (Å²) in [6.07, 6.45) is 2.06. The number of hydrogen-bond donors (Lipinski definition) is 2. The van der Waals surface area contributed by atoms with Crippen LogP contribution in [0.5, 0.6) is 0 Å². The van der Waals surface area contributed by atoms with Gasteiger partial charge in [-0.15, -0.1) is 0 Å². The Hall–Kier alpha value is -4.94. The number of rotatable bonds is 8. The van der Waals surface area contributed by atoms with E-state index in [1.54, 1.807) is 55.5 Å². The summed E-state index contributed by atoms with van der Waals surface area (Å²) in [6.45, 7) is 6.41. The van der Waals surface area contributed by atoms with Crippen LogP contribution < -0.4 is 5.32 Å². The van der Waals surface area contributed by atoms with E-state index in [4.69, 9.17) is 0 Å². The van der Waals surface area contributed by atoms with Crippen LogP contribution in [0.2, 0.25) is 0 Å². The summed E-state index contributed by atoms with van der Waals surface area (Å²) in [5, 5.41) is 13.7. The SMILES string of the molecule is Cc1c(NC(=O)N2C[C@@H](CC(C)C)[C@H](O)C2)cc(F)cc1-c1ncnc2c1cc(-c1ccc(C=O)cc1)n2S(=O)(=O)c1ccccc1. The van der Waals surface area contributed by atoms with Crippen LogP contribution in [0.1, 0.15) is 36.2 Å². The molecule has 10 nitrogen and oxygen atoms in total. The number of aldehydes is 1. The van der Waals surface area contributed by atoms with Gasteiger partial charge >= 0.3 is 6.03 Å². The average Bonchev–Trinajstić information content (AvgIpc) is 3.63. The Balaban J connectivity index is 1.46. The smallest absolute Gasteiger partial charge is 0.321 e. The summed E-state index contributed by atoms with van der Waals surface area (Å²) in [5.74, 6) is -0.309. The molecular formula is C35H34FN5O5S. The summed E-state index contributed by atoms with van der Waals surface area (Å²) < 4.78 is 44.6. The number of halogens is 1. The van der Waals surface area contributed by atoms with Gasteiger partial charge in [0.25, 0.3) is 10.0 Å². The molecule has 0 saturated carbocycles. The Morgan fingerprint density at radius 2 is 1.79 bits per heavy atom. The van der Waals surface area contributed by atoms with Gasteiger partial charge in [-0.3, -0.25) is 4.79 Å². The molecule has 2 atom stereocenters. The molecule has 2 aromatic heterocycles. The van der Waals surface area contributed by atoms with Crippen molar-refractivity contribution < 1.29 is 27.5 Å². The number of anilines is 1. The van der Waals surface area contributed by atoms with E-state index in [-0.39, 0.29) is 40.1 Å². The highest BCUT2D eigenvalue weighted by molar-refractivity contribution is 7.90. The third-order valence-electron chi connectivity index (χ3n) is 8.52. The Morgan fingerprint density at radius 3 is 2.47 bits per heavy atom. The monoisotopic (exact) mass is 655 g/mol. The Labute approximate surface area is 272 Å². The van der Waals surface area contributed by atoms with Crippen molar-refractivity contribution in [1.29, 1.82) is 0 Å². The van der Waals surface area contributed by atoms with Crippen molar-refractivity contribution in [2.75, 3.05) is 18.4 Å². The van der Waals surface area contributed by atoms with Gasteiger partial charge in [-0.2, -0.15) is 0 Å². The van der Waals surface area contributed by atoms with E-state index in [2.05, 4.69) is 29.1 Å². The molecule has 1 saturated heterocycles. The van der Waals surface area contributed by atoms with Crippen molar-refractivity contribution in [2.45, 2.75) is 38.2 Å². The number of nitrogens with zero attached hydrogens (tertiary/aromatic N) is 4. The van der Waals surface area contributed by atoms with Gasteiger partial charge in [0, 0.05) is 41.2 Å². The standard InChI is InChI=1S/C35H34FN5O5S/c1-21(2)13-25-17-40(18-32(25)43)35(44)39-30-15-26(36)14-28(22(30)3)33-29-16-31(24-11-9-23(19-42)10-12-24)41(34(29)38-20-37-33)47(45,46)27-7-5-4-6-8-27/h4-12,14-16,19-21,25,32,43H,13,17-18H2,1-3H3,(H,39,44)/t25-,32-/m1/s1. The van der Waals surface area contributed by atoms with Crippen molar-refractivity contribution in [1.82, 2.24) is 18.8 Å².